The molecule has 0 spiro atoms. The molecule has 1 aromatic carbocycles. The standard InChI is InChI=1S/C10H11Cl2N3O3/c11-6-2-1-3-7(10(6)12)14-8(16)4-18-5-9(17)15-13/h1-3H,4-5,13H2,(H,14,16)(H,15,17). The third kappa shape index (κ3) is 4.50. The van der Waals surface area contributed by atoms with E-state index in [9.17, 15) is 9.59 Å². The van der Waals surface area contributed by atoms with Gasteiger partial charge in [-0.1, -0.05) is 29.3 Å². The number of benzene rings is 1. The minimum absolute atomic E-state index is 0.243. The van der Waals surface area contributed by atoms with E-state index in [0.29, 0.717) is 10.7 Å². The van der Waals surface area contributed by atoms with Crippen LogP contribution in [0.15, 0.2) is 18.2 Å². The Morgan fingerprint density at radius 1 is 1.22 bits per heavy atom. The molecule has 0 radical (unpaired) electrons. The summed E-state index contributed by atoms with van der Waals surface area (Å²) in [5.74, 6) is 3.86. The molecule has 0 saturated heterocycles. The second kappa shape index (κ2) is 7.17. The zero-order valence-electron chi connectivity index (χ0n) is 9.20. The zero-order chi connectivity index (χ0) is 13.5. The van der Waals surface area contributed by atoms with Gasteiger partial charge in [-0.05, 0) is 12.1 Å². The van der Waals surface area contributed by atoms with E-state index in [-0.39, 0.29) is 18.2 Å². The molecule has 18 heavy (non-hydrogen) atoms. The highest BCUT2D eigenvalue weighted by molar-refractivity contribution is 6.43. The Labute approximate surface area is 113 Å². The molecule has 2 amide bonds. The molecular weight excluding hydrogens is 281 g/mol. The van der Waals surface area contributed by atoms with Crippen molar-refractivity contribution in [2.45, 2.75) is 0 Å². The fraction of sp³-hybridized carbons (Fsp3) is 0.200. The lowest BCUT2D eigenvalue weighted by atomic mass is 10.3. The molecular formula is C10H11Cl2N3O3. The van der Waals surface area contributed by atoms with Crippen molar-refractivity contribution in [3.8, 4) is 0 Å². The Kier molecular flexibility index (Phi) is 5.87. The van der Waals surface area contributed by atoms with Gasteiger partial charge in [0.1, 0.15) is 13.2 Å². The van der Waals surface area contributed by atoms with Crippen LogP contribution in [0.4, 0.5) is 5.69 Å². The number of rotatable bonds is 5. The third-order valence-corrected chi connectivity index (χ3v) is 2.67. The Hall–Kier alpha value is -1.34. The first-order chi connectivity index (χ1) is 8.54. The van der Waals surface area contributed by atoms with Crippen LogP contribution in [-0.2, 0) is 14.3 Å². The van der Waals surface area contributed by atoms with Crippen molar-refractivity contribution >= 4 is 40.7 Å². The van der Waals surface area contributed by atoms with E-state index in [0.717, 1.165) is 0 Å². The van der Waals surface area contributed by atoms with Crippen LogP contribution in [-0.4, -0.2) is 25.0 Å². The summed E-state index contributed by atoms with van der Waals surface area (Å²) >= 11 is 11.7. The number of ether oxygens (including phenoxy) is 1. The molecule has 0 unspecified atom stereocenters. The van der Waals surface area contributed by atoms with E-state index in [4.69, 9.17) is 33.8 Å². The molecule has 4 N–H and O–H groups in total. The van der Waals surface area contributed by atoms with Crippen molar-refractivity contribution in [1.29, 1.82) is 0 Å². The first-order valence-electron chi connectivity index (χ1n) is 4.85. The molecule has 0 aliphatic carbocycles. The second-order valence-corrected chi connectivity index (χ2v) is 4.00. The number of carbonyl (C=O) groups excluding carboxylic acids is 2. The Morgan fingerprint density at radius 3 is 2.56 bits per heavy atom. The highest BCUT2D eigenvalue weighted by atomic mass is 35.5. The molecule has 8 heteroatoms. The SMILES string of the molecule is NNC(=O)COCC(=O)Nc1cccc(Cl)c1Cl. The highest BCUT2D eigenvalue weighted by Crippen LogP contribution is 2.29. The van der Waals surface area contributed by atoms with Gasteiger partial charge in [0.25, 0.3) is 5.91 Å². The summed E-state index contributed by atoms with van der Waals surface area (Å²) in [6.45, 7) is -0.594. The minimum Gasteiger partial charge on any atom is -0.362 e. The number of halogens is 2. The summed E-state index contributed by atoms with van der Waals surface area (Å²) in [4.78, 5) is 22.2. The molecule has 98 valence electrons. The van der Waals surface area contributed by atoms with Crippen molar-refractivity contribution < 1.29 is 14.3 Å². The van der Waals surface area contributed by atoms with Crippen LogP contribution in [0.3, 0.4) is 0 Å². The molecule has 1 rings (SSSR count). The van der Waals surface area contributed by atoms with Crippen LogP contribution in [0.5, 0.6) is 0 Å². The first-order valence-corrected chi connectivity index (χ1v) is 5.61. The molecule has 0 fully saturated rings. The molecule has 6 nitrogen and oxygen atoms in total. The largest absolute Gasteiger partial charge is 0.362 e. The zero-order valence-corrected chi connectivity index (χ0v) is 10.7. The number of nitrogens with two attached hydrogens (primary N) is 1. The van der Waals surface area contributed by atoms with Crippen LogP contribution >= 0.6 is 23.2 Å². The van der Waals surface area contributed by atoms with Crippen LogP contribution < -0.4 is 16.6 Å². The van der Waals surface area contributed by atoms with Crippen molar-refractivity contribution in [1.82, 2.24) is 5.43 Å². The predicted octanol–water partition coefficient (Wildman–Crippen LogP) is 0.938. The minimum atomic E-state index is -0.524. The number of hydrogen-bond acceptors (Lipinski definition) is 4. The van der Waals surface area contributed by atoms with Crippen LogP contribution in [0.25, 0.3) is 0 Å². The average molecular weight is 292 g/mol. The van der Waals surface area contributed by atoms with E-state index in [1.807, 2.05) is 5.43 Å². The number of amides is 2. The molecule has 0 bridgehead atoms. The molecule has 0 heterocycles. The monoisotopic (exact) mass is 291 g/mol. The van der Waals surface area contributed by atoms with Crippen molar-refractivity contribution in [3.05, 3.63) is 28.2 Å². The van der Waals surface area contributed by atoms with Crippen LogP contribution in [0, 0.1) is 0 Å². The number of carbonyl (C=O) groups is 2. The maximum atomic E-state index is 11.4. The van der Waals surface area contributed by atoms with E-state index in [1.54, 1.807) is 18.2 Å². The quantitative estimate of drug-likeness (QED) is 0.428. The van der Waals surface area contributed by atoms with Crippen molar-refractivity contribution in [3.63, 3.8) is 0 Å². The molecule has 0 saturated carbocycles. The van der Waals surface area contributed by atoms with E-state index in [2.05, 4.69) is 5.32 Å². The summed E-state index contributed by atoms with van der Waals surface area (Å²) in [5.41, 5.74) is 2.25. The molecule has 0 aliphatic heterocycles. The summed E-state index contributed by atoms with van der Waals surface area (Å²) in [7, 11) is 0. The summed E-state index contributed by atoms with van der Waals surface area (Å²) in [6.07, 6.45) is 0. The molecule has 0 aliphatic rings. The van der Waals surface area contributed by atoms with Gasteiger partial charge in [0.2, 0.25) is 5.91 Å². The number of hydrazine groups is 1. The number of nitrogens with one attached hydrogen (secondary N) is 2. The average Bonchev–Trinajstić information content (AvgIpc) is 2.34. The molecule has 0 aromatic heterocycles. The second-order valence-electron chi connectivity index (χ2n) is 3.21. The van der Waals surface area contributed by atoms with Gasteiger partial charge in [0, 0.05) is 0 Å². The summed E-state index contributed by atoms with van der Waals surface area (Å²) in [6, 6.07) is 4.84. The summed E-state index contributed by atoms with van der Waals surface area (Å²) in [5, 5.41) is 3.07. The lowest BCUT2D eigenvalue weighted by molar-refractivity contribution is -0.128. The fourth-order valence-electron chi connectivity index (χ4n) is 1.06. The Balaban J connectivity index is 2.45. The lowest BCUT2D eigenvalue weighted by Crippen LogP contribution is -2.34. The van der Waals surface area contributed by atoms with E-state index in [1.165, 1.54) is 0 Å². The molecule has 1 aromatic rings. The first kappa shape index (κ1) is 14.7. The van der Waals surface area contributed by atoms with E-state index < -0.39 is 11.8 Å². The van der Waals surface area contributed by atoms with Crippen molar-refractivity contribution in [2.75, 3.05) is 18.5 Å². The fourth-order valence-corrected chi connectivity index (χ4v) is 1.41. The molecule has 0 atom stereocenters. The topological polar surface area (TPSA) is 93.4 Å². The predicted molar refractivity (Wildman–Crippen MR) is 68.2 cm³/mol. The van der Waals surface area contributed by atoms with Crippen LogP contribution in [0.1, 0.15) is 0 Å². The van der Waals surface area contributed by atoms with Gasteiger partial charge >= 0.3 is 0 Å². The van der Waals surface area contributed by atoms with Crippen molar-refractivity contribution in [2.24, 2.45) is 5.84 Å². The third-order valence-electron chi connectivity index (χ3n) is 1.85. The normalized spacial score (nSPS) is 9.94. The van der Waals surface area contributed by atoms with Gasteiger partial charge < -0.3 is 10.1 Å². The number of anilines is 1. The highest BCUT2D eigenvalue weighted by Gasteiger charge is 2.09. The van der Waals surface area contributed by atoms with Gasteiger partial charge in [0.15, 0.2) is 0 Å². The Bertz CT molecular complexity index is 454. The maximum absolute atomic E-state index is 11.4. The van der Waals surface area contributed by atoms with Crippen LogP contribution in [0.2, 0.25) is 10.0 Å². The summed E-state index contributed by atoms with van der Waals surface area (Å²) < 4.78 is 4.81. The van der Waals surface area contributed by atoms with Gasteiger partial charge in [-0.2, -0.15) is 0 Å². The maximum Gasteiger partial charge on any atom is 0.259 e. The number of hydrogen-bond donors (Lipinski definition) is 3. The van der Waals surface area contributed by atoms with E-state index >= 15 is 0 Å². The van der Waals surface area contributed by atoms with Gasteiger partial charge in [-0.15, -0.1) is 0 Å². The van der Waals surface area contributed by atoms with Gasteiger partial charge in [-0.25, -0.2) is 5.84 Å². The van der Waals surface area contributed by atoms with Gasteiger partial charge in [0.05, 0.1) is 15.7 Å². The lowest BCUT2D eigenvalue weighted by Gasteiger charge is -2.08. The Morgan fingerprint density at radius 2 is 1.89 bits per heavy atom. The smallest absolute Gasteiger partial charge is 0.259 e. The van der Waals surface area contributed by atoms with Gasteiger partial charge in [-0.3, -0.25) is 15.0 Å².